The summed E-state index contributed by atoms with van der Waals surface area (Å²) in [4.78, 5) is 14.8. The molecule has 2 atom stereocenters. The highest BCUT2D eigenvalue weighted by Crippen LogP contribution is 2.22. The van der Waals surface area contributed by atoms with Crippen LogP contribution >= 0.6 is 0 Å². The van der Waals surface area contributed by atoms with Crippen molar-refractivity contribution in [3.63, 3.8) is 0 Å². The number of hydrogen-bond acceptors (Lipinski definition) is 6. The van der Waals surface area contributed by atoms with Gasteiger partial charge in [-0.05, 0) is 19.3 Å². The fourth-order valence-corrected chi connectivity index (χ4v) is 1.57. The van der Waals surface area contributed by atoms with E-state index in [1.165, 1.54) is 12.1 Å². The van der Waals surface area contributed by atoms with E-state index in [4.69, 9.17) is 5.11 Å². The van der Waals surface area contributed by atoms with E-state index in [0.717, 1.165) is 6.42 Å². The van der Waals surface area contributed by atoms with E-state index in [1.807, 2.05) is 20.8 Å². The molecule has 0 aromatic carbocycles. The highest BCUT2D eigenvalue weighted by Gasteiger charge is 2.15. The van der Waals surface area contributed by atoms with E-state index in [0.29, 0.717) is 18.2 Å². The molecule has 1 heterocycles. The minimum Gasteiger partial charge on any atom is -0.396 e. The van der Waals surface area contributed by atoms with Gasteiger partial charge in [-0.25, -0.2) is 4.98 Å². The van der Waals surface area contributed by atoms with Crippen molar-refractivity contribution in [2.75, 3.05) is 23.8 Å². The molecular weight excluding hydrogens is 260 g/mol. The Bertz CT molecular complexity index is 453. The Labute approximate surface area is 118 Å². The first-order chi connectivity index (χ1) is 9.47. The van der Waals surface area contributed by atoms with Crippen LogP contribution < -0.4 is 10.6 Å². The fourth-order valence-electron chi connectivity index (χ4n) is 1.57. The summed E-state index contributed by atoms with van der Waals surface area (Å²) in [5, 5.41) is 26.2. The summed E-state index contributed by atoms with van der Waals surface area (Å²) in [6.45, 7) is 6.56. The largest absolute Gasteiger partial charge is 0.396 e. The van der Waals surface area contributed by atoms with Crippen molar-refractivity contribution in [1.29, 1.82) is 0 Å². The number of hydrogen-bond donors (Lipinski definition) is 3. The molecule has 0 radical (unpaired) electrons. The van der Waals surface area contributed by atoms with Crippen LogP contribution in [0.3, 0.4) is 0 Å². The van der Waals surface area contributed by atoms with Gasteiger partial charge in [0.1, 0.15) is 11.6 Å². The highest BCUT2D eigenvalue weighted by molar-refractivity contribution is 5.55. The van der Waals surface area contributed by atoms with Gasteiger partial charge in [0.05, 0.1) is 17.1 Å². The molecule has 20 heavy (non-hydrogen) atoms. The maximum atomic E-state index is 10.9. The number of rotatable bonds is 8. The van der Waals surface area contributed by atoms with E-state index in [-0.39, 0.29) is 24.3 Å². The Morgan fingerprint density at radius 2 is 2.05 bits per heavy atom. The molecule has 0 aliphatic carbocycles. The molecule has 0 saturated heterocycles. The van der Waals surface area contributed by atoms with Crippen molar-refractivity contribution in [3.05, 3.63) is 22.2 Å². The lowest BCUT2D eigenvalue weighted by atomic mass is 10.1. The van der Waals surface area contributed by atoms with Crippen molar-refractivity contribution in [3.8, 4) is 0 Å². The van der Waals surface area contributed by atoms with Crippen LogP contribution in [0.15, 0.2) is 12.1 Å². The third-order valence-electron chi connectivity index (χ3n) is 3.09. The zero-order valence-corrected chi connectivity index (χ0v) is 12.1. The smallest absolute Gasteiger partial charge is 0.276 e. The summed E-state index contributed by atoms with van der Waals surface area (Å²) in [5.74, 6) is 0.945. The van der Waals surface area contributed by atoms with Crippen molar-refractivity contribution in [2.24, 2.45) is 5.92 Å². The summed E-state index contributed by atoms with van der Waals surface area (Å²) in [6, 6.07) is 2.78. The predicted molar refractivity (Wildman–Crippen MR) is 79.0 cm³/mol. The number of aliphatic hydroxyl groups excluding tert-OH is 1. The number of aromatic nitrogens is 1. The van der Waals surface area contributed by atoms with E-state index in [2.05, 4.69) is 15.6 Å². The Hall–Kier alpha value is -1.89. The molecule has 0 saturated carbocycles. The molecular formula is C13H22N4O3. The van der Waals surface area contributed by atoms with Crippen molar-refractivity contribution < 1.29 is 10.0 Å². The second kappa shape index (κ2) is 7.64. The second-order valence-corrected chi connectivity index (χ2v) is 4.87. The molecule has 1 aromatic rings. The highest BCUT2D eigenvalue weighted by atomic mass is 16.6. The van der Waals surface area contributed by atoms with Crippen LogP contribution in [0.2, 0.25) is 0 Å². The Morgan fingerprint density at radius 3 is 2.60 bits per heavy atom. The van der Waals surface area contributed by atoms with Crippen LogP contribution in [-0.2, 0) is 0 Å². The normalized spacial score (nSPS) is 13.6. The lowest BCUT2D eigenvalue weighted by molar-refractivity contribution is -0.384. The second-order valence-electron chi connectivity index (χ2n) is 4.87. The molecule has 0 amide bonds. The standard InChI is InChI=1S/C13H22N4O3/c1-4-5-14-12-6-11(17(19)20)7-13(16-12)15-10(3)9(2)8-18/h6-7,9-10,18H,4-5,8H2,1-3H3,(H2,14,15,16). The summed E-state index contributed by atoms with van der Waals surface area (Å²) >= 11 is 0. The first kappa shape index (κ1) is 16.2. The number of nitrogens with zero attached hydrogens (tertiary/aromatic N) is 2. The lowest BCUT2D eigenvalue weighted by Crippen LogP contribution is -2.26. The minimum atomic E-state index is -0.440. The zero-order valence-electron chi connectivity index (χ0n) is 12.1. The van der Waals surface area contributed by atoms with E-state index >= 15 is 0 Å². The van der Waals surface area contributed by atoms with Crippen molar-refractivity contribution in [2.45, 2.75) is 33.2 Å². The van der Waals surface area contributed by atoms with E-state index in [1.54, 1.807) is 0 Å². The van der Waals surface area contributed by atoms with Crippen molar-refractivity contribution >= 4 is 17.3 Å². The van der Waals surface area contributed by atoms with Crippen LogP contribution in [-0.4, -0.2) is 34.2 Å². The van der Waals surface area contributed by atoms with Gasteiger partial charge >= 0.3 is 0 Å². The summed E-state index contributed by atoms with van der Waals surface area (Å²) in [7, 11) is 0. The van der Waals surface area contributed by atoms with E-state index < -0.39 is 4.92 Å². The predicted octanol–water partition coefficient (Wildman–Crippen LogP) is 2.24. The molecule has 7 heteroatoms. The maximum Gasteiger partial charge on any atom is 0.276 e. The van der Waals surface area contributed by atoms with Crippen molar-refractivity contribution in [1.82, 2.24) is 4.98 Å². The van der Waals surface area contributed by atoms with Crippen LogP contribution in [0.1, 0.15) is 27.2 Å². The Balaban J connectivity index is 2.93. The average molecular weight is 282 g/mol. The van der Waals surface area contributed by atoms with Gasteiger partial charge in [-0.15, -0.1) is 0 Å². The van der Waals surface area contributed by atoms with Gasteiger partial charge in [-0.3, -0.25) is 10.1 Å². The summed E-state index contributed by atoms with van der Waals surface area (Å²) in [6.07, 6.45) is 0.908. The van der Waals surface area contributed by atoms with Crippen LogP contribution in [0.4, 0.5) is 17.3 Å². The maximum absolute atomic E-state index is 10.9. The molecule has 2 unspecified atom stereocenters. The quantitative estimate of drug-likeness (QED) is 0.499. The molecule has 0 bridgehead atoms. The van der Waals surface area contributed by atoms with Gasteiger partial charge in [0, 0.05) is 19.2 Å². The fraction of sp³-hybridized carbons (Fsp3) is 0.615. The third kappa shape index (κ3) is 4.65. The minimum absolute atomic E-state index is 0.00930. The summed E-state index contributed by atoms with van der Waals surface area (Å²) < 4.78 is 0. The molecule has 0 aliphatic rings. The number of nitro groups is 1. The van der Waals surface area contributed by atoms with Gasteiger partial charge in [-0.2, -0.15) is 0 Å². The molecule has 7 nitrogen and oxygen atoms in total. The first-order valence-electron chi connectivity index (χ1n) is 6.75. The Kier molecular flexibility index (Phi) is 6.17. The monoisotopic (exact) mass is 282 g/mol. The van der Waals surface area contributed by atoms with Gasteiger partial charge in [0.2, 0.25) is 0 Å². The first-order valence-corrected chi connectivity index (χ1v) is 6.75. The topological polar surface area (TPSA) is 100 Å². The molecule has 1 aromatic heterocycles. The molecule has 0 aliphatic heterocycles. The number of nitrogens with one attached hydrogen (secondary N) is 2. The molecule has 1 rings (SSSR count). The molecule has 3 N–H and O–H groups in total. The molecule has 0 fully saturated rings. The number of pyridine rings is 1. The SMILES string of the molecule is CCCNc1cc([N+](=O)[O-])cc(NC(C)C(C)CO)n1. The van der Waals surface area contributed by atoms with Gasteiger partial charge in [0.25, 0.3) is 5.69 Å². The van der Waals surface area contributed by atoms with Crippen LogP contribution in [0.5, 0.6) is 0 Å². The van der Waals surface area contributed by atoms with Gasteiger partial charge in [0.15, 0.2) is 0 Å². The average Bonchev–Trinajstić information content (AvgIpc) is 2.43. The van der Waals surface area contributed by atoms with Crippen LogP contribution in [0, 0.1) is 16.0 Å². The molecule has 112 valence electrons. The third-order valence-corrected chi connectivity index (χ3v) is 3.09. The lowest BCUT2D eigenvalue weighted by Gasteiger charge is -2.20. The Morgan fingerprint density at radius 1 is 1.40 bits per heavy atom. The number of anilines is 2. The van der Waals surface area contributed by atoms with Gasteiger partial charge in [-0.1, -0.05) is 13.8 Å². The van der Waals surface area contributed by atoms with Gasteiger partial charge < -0.3 is 15.7 Å². The molecule has 0 spiro atoms. The number of aliphatic hydroxyl groups is 1. The summed E-state index contributed by atoms with van der Waals surface area (Å²) in [5.41, 5.74) is -0.00930. The van der Waals surface area contributed by atoms with Crippen LogP contribution in [0.25, 0.3) is 0 Å². The van der Waals surface area contributed by atoms with E-state index in [9.17, 15) is 10.1 Å². The zero-order chi connectivity index (χ0) is 15.1.